The summed E-state index contributed by atoms with van der Waals surface area (Å²) >= 11 is 3.12. The second-order valence-electron chi connectivity index (χ2n) is 3.47. The van der Waals surface area contributed by atoms with Crippen molar-refractivity contribution in [3.63, 3.8) is 0 Å². The first-order chi connectivity index (χ1) is 8.28. The molecule has 0 aliphatic carbocycles. The number of non-ortho nitro benzene ring substituents is 1. The lowest BCUT2D eigenvalue weighted by Gasteiger charge is -2.06. The molecule has 2 N–H and O–H groups in total. The zero-order valence-corrected chi connectivity index (χ0v) is 11.6. The summed E-state index contributed by atoms with van der Waals surface area (Å²) in [5, 5.41) is 15.4. The van der Waals surface area contributed by atoms with Crippen LogP contribution in [0.3, 0.4) is 0 Å². The Morgan fingerprint density at radius 3 is 2.61 bits per heavy atom. The molecule has 0 atom stereocenters. The fourth-order valence-electron chi connectivity index (χ4n) is 1.19. The van der Waals surface area contributed by atoms with E-state index in [1.165, 1.54) is 12.1 Å². The predicted octanol–water partition coefficient (Wildman–Crippen LogP) is 1.41. The van der Waals surface area contributed by atoms with Crippen LogP contribution in [0.15, 0.2) is 22.7 Å². The molecule has 0 fully saturated rings. The standard InChI is InChI=1S/C9H11BrN2O5S/c10-7-4-8(12(13)14)6-9(5-7)17-2-1-3-18(11,15)16/h4-6H,1-3H2,(H2,11,15,16). The molecule has 0 bridgehead atoms. The average molecular weight is 339 g/mol. The smallest absolute Gasteiger partial charge is 0.274 e. The van der Waals surface area contributed by atoms with Gasteiger partial charge >= 0.3 is 0 Å². The maximum Gasteiger partial charge on any atom is 0.274 e. The fourth-order valence-corrected chi connectivity index (χ4v) is 2.17. The van der Waals surface area contributed by atoms with Gasteiger partial charge in [-0.3, -0.25) is 10.1 Å². The molecule has 0 amide bonds. The molecule has 0 aliphatic heterocycles. The van der Waals surface area contributed by atoms with Gasteiger partial charge in [-0.05, 0) is 12.5 Å². The van der Waals surface area contributed by atoms with Crippen LogP contribution < -0.4 is 9.88 Å². The lowest BCUT2D eigenvalue weighted by molar-refractivity contribution is -0.385. The summed E-state index contributed by atoms with van der Waals surface area (Å²) in [5.41, 5.74) is -0.106. The van der Waals surface area contributed by atoms with Crippen molar-refractivity contribution in [1.29, 1.82) is 0 Å². The molecule has 1 rings (SSSR count). The maximum absolute atomic E-state index is 10.7. The van der Waals surface area contributed by atoms with E-state index in [2.05, 4.69) is 15.9 Å². The zero-order valence-electron chi connectivity index (χ0n) is 9.21. The van der Waals surface area contributed by atoms with Crippen molar-refractivity contribution in [3.05, 3.63) is 32.8 Å². The van der Waals surface area contributed by atoms with Gasteiger partial charge in [-0.15, -0.1) is 0 Å². The summed E-state index contributed by atoms with van der Waals surface area (Å²) in [6.45, 7) is 0.115. The SMILES string of the molecule is NS(=O)(=O)CCCOc1cc(Br)cc([N+](=O)[O-])c1. The van der Waals surface area contributed by atoms with Gasteiger partial charge in [-0.2, -0.15) is 0 Å². The minimum Gasteiger partial charge on any atom is -0.493 e. The Labute approximate surface area is 112 Å². The normalized spacial score (nSPS) is 11.2. The summed E-state index contributed by atoms with van der Waals surface area (Å²) in [7, 11) is -3.51. The van der Waals surface area contributed by atoms with Crippen LogP contribution in [-0.2, 0) is 10.0 Å². The summed E-state index contributed by atoms with van der Waals surface area (Å²) < 4.78 is 27.1. The second kappa shape index (κ2) is 6.12. The van der Waals surface area contributed by atoms with Crippen molar-refractivity contribution < 1.29 is 18.1 Å². The topological polar surface area (TPSA) is 113 Å². The van der Waals surface area contributed by atoms with Gasteiger partial charge in [-0.25, -0.2) is 13.6 Å². The maximum atomic E-state index is 10.7. The van der Waals surface area contributed by atoms with Gasteiger partial charge in [0.25, 0.3) is 5.69 Å². The van der Waals surface area contributed by atoms with Crippen molar-refractivity contribution in [2.24, 2.45) is 5.14 Å². The first kappa shape index (κ1) is 14.9. The minimum absolute atomic E-state index is 0.106. The molecule has 0 radical (unpaired) electrons. The number of halogens is 1. The Hall–Kier alpha value is -1.19. The van der Waals surface area contributed by atoms with Crippen LogP contribution in [-0.4, -0.2) is 25.7 Å². The van der Waals surface area contributed by atoms with Gasteiger partial charge in [0.05, 0.1) is 23.3 Å². The molecule has 0 heterocycles. The van der Waals surface area contributed by atoms with E-state index in [4.69, 9.17) is 9.88 Å². The number of hydrogen-bond acceptors (Lipinski definition) is 5. The summed E-state index contributed by atoms with van der Waals surface area (Å²) in [6.07, 6.45) is 0.221. The Balaban J connectivity index is 2.60. The molecule has 7 nitrogen and oxygen atoms in total. The van der Waals surface area contributed by atoms with Crippen molar-refractivity contribution in [2.75, 3.05) is 12.4 Å². The highest BCUT2D eigenvalue weighted by Gasteiger charge is 2.09. The van der Waals surface area contributed by atoms with E-state index >= 15 is 0 Å². The third-order valence-corrected chi connectivity index (χ3v) is 3.22. The average Bonchev–Trinajstić information content (AvgIpc) is 2.22. The fraction of sp³-hybridized carbons (Fsp3) is 0.333. The van der Waals surface area contributed by atoms with E-state index in [9.17, 15) is 18.5 Å². The highest BCUT2D eigenvalue weighted by atomic mass is 79.9. The number of nitro benzene ring substituents is 1. The van der Waals surface area contributed by atoms with Gasteiger partial charge in [0.15, 0.2) is 0 Å². The lowest BCUT2D eigenvalue weighted by Crippen LogP contribution is -2.18. The molecule has 1 aromatic rings. The number of sulfonamides is 1. The molecule has 0 saturated carbocycles. The van der Waals surface area contributed by atoms with Gasteiger partial charge in [0.2, 0.25) is 10.0 Å². The summed E-state index contributed by atoms with van der Waals surface area (Å²) in [6, 6.07) is 4.17. The third kappa shape index (κ3) is 5.43. The second-order valence-corrected chi connectivity index (χ2v) is 6.12. The van der Waals surface area contributed by atoms with Crippen molar-refractivity contribution in [3.8, 4) is 5.75 Å². The number of nitrogens with two attached hydrogens (primary N) is 1. The molecule has 100 valence electrons. The molecule has 9 heteroatoms. The van der Waals surface area contributed by atoms with E-state index in [0.717, 1.165) is 0 Å². The molecular formula is C9H11BrN2O5S. The van der Waals surface area contributed by atoms with Gasteiger partial charge in [0, 0.05) is 10.5 Å². The van der Waals surface area contributed by atoms with Crippen LogP contribution in [0, 0.1) is 10.1 Å². The number of rotatable bonds is 6. The Morgan fingerprint density at radius 2 is 2.06 bits per heavy atom. The molecule has 0 aromatic heterocycles. The molecule has 0 unspecified atom stereocenters. The van der Waals surface area contributed by atoms with Crippen molar-refractivity contribution in [2.45, 2.75) is 6.42 Å². The molecule has 0 saturated heterocycles. The molecule has 18 heavy (non-hydrogen) atoms. The largest absolute Gasteiger partial charge is 0.493 e. The van der Waals surface area contributed by atoms with Crippen LogP contribution in [0.2, 0.25) is 0 Å². The van der Waals surface area contributed by atoms with Gasteiger partial charge in [0.1, 0.15) is 5.75 Å². The number of nitro groups is 1. The van der Waals surface area contributed by atoms with E-state index < -0.39 is 14.9 Å². The summed E-state index contributed by atoms with van der Waals surface area (Å²) in [5.74, 6) is 0.105. The van der Waals surface area contributed by atoms with Gasteiger partial charge in [-0.1, -0.05) is 15.9 Å². The van der Waals surface area contributed by atoms with Crippen LogP contribution >= 0.6 is 15.9 Å². The highest BCUT2D eigenvalue weighted by Crippen LogP contribution is 2.26. The minimum atomic E-state index is -3.51. The van der Waals surface area contributed by atoms with E-state index in [-0.39, 0.29) is 24.5 Å². The quantitative estimate of drug-likeness (QED) is 0.478. The molecule has 1 aromatic carbocycles. The highest BCUT2D eigenvalue weighted by molar-refractivity contribution is 9.10. The van der Waals surface area contributed by atoms with E-state index in [1.54, 1.807) is 6.07 Å². The molecular weight excluding hydrogens is 328 g/mol. The zero-order chi connectivity index (χ0) is 13.8. The number of benzene rings is 1. The first-order valence-electron chi connectivity index (χ1n) is 4.86. The number of ether oxygens (including phenoxy) is 1. The van der Waals surface area contributed by atoms with Gasteiger partial charge < -0.3 is 4.74 Å². The number of primary sulfonamides is 1. The van der Waals surface area contributed by atoms with E-state index in [0.29, 0.717) is 10.2 Å². The number of hydrogen-bond donors (Lipinski definition) is 1. The van der Waals surface area contributed by atoms with Crippen LogP contribution in [0.25, 0.3) is 0 Å². The number of nitrogens with zero attached hydrogens (tertiary/aromatic N) is 1. The van der Waals surface area contributed by atoms with Crippen molar-refractivity contribution in [1.82, 2.24) is 0 Å². The molecule has 0 spiro atoms. The predicted molar refractivity (Wildman–Crippen MR) is 68.9 cm³/mol. The Morgan fingerprint density at radius 1 is 1.39 bits per heavy atom. The Kier molecular flexibility index (Phi) is 5.05. The van der Waals surface area contributed by atoms with E-state index in [1.807, 2.05) is 0 Å². The third-order valence-electron chi connectivity index (χ3n) is 1.91. The lowest BCUT2D eigenvalue weighted by atomic mass is 10.3. The van der Waals surface area contributed by atoms with Crippen LogP contribution in [0.4, 0.5) is 5.69 Å². The van der Waals surface area contributed by atoms with Crippen LogP contribution in [0.1, 0.15) is 6.42 Å². The molecule has 0 aliphatic rings. The first-order valence-corrected chi connectivity index (χ1v) is 7.37. The Bertz CT molecular complexity index is 546. The van der Waals surface area contributed by atoms with Crippen LogP contribution in [0.5, 0.6) is 5.75 Å². The monoisotopic (exact) mass is 338 g/mol. The summed E-state index contributed by atoms with van der Waals surface area (Å²) in [4.78, 5) is 10.1. The van der Waals surface area contributed by atoms with Crippen molar-refractivity contribution >= 4 is 31.6 Å².